The Bertz CT molecular complexity index is 716. The van der Waals surface area contributed by atoms with Crippen LogP contribution in [0.5, 0.6) is 0 Å². The predicted octanol–water partition coefficient (Wildman–Crippen LogP) is 2.29. The normalized spacial score (nSPS) is 12.2. The van der Waals surface area contributed by atoms with E-state index in [0.29, 0.717) is 12.3 Å². The smallest absolute Gasteiger partial charge is 0.315 e. The van der Waals surface area contributed by atoms with E-state index in [1.165, 1.54) is 6.26 Å². The molecule has 22 heavy (non-hydrogen) atoms. The highest BCUT2D eigenvalue weighted by molar-refractivity contribution is 5.80. The van der Waals surface area contributed by atoms with Crippen LogP contribution in [-0.4, -0.2) is 22.7 Å². The molecule has 1 aromatic carbocycles. The van der Waals surface area contributed by atoms with E-state index < -0.39 is 6.10 Å². The zero-order chi connectivity index (χ0) is 15.4. The molecule has 3 rings (SSSR count). The Balaban J connectivity index is 1.48. The van der Waals surface area contributed by atoms with Crippen LogP contribution in [0.1, 0.15) is 17.6 Å². The molecule has 0 radical (unpaired) electrons. The van der Waals surface area contributed by atoms with Crippen molar-refractivity contribution in [1.29, 1.82) is 0 Å². The molecule has 0 aliphatic rings. The van der Waals surface area contributed by atoms with Gasteiger partial charge in [-0.05, 0) is 29.7 Å². The van der Waals surface area contributed by atoms with Gasteiger partial charge < -0.3 is 25.1 Å². The van der Waals surface area contributed by atoms with Crippen molar-refractivity contribution >= 4 is 16.9 Å². The third kappa shape index (κ3) is 3.29. The molecular weight excluding hydrogens is 282 g/mol. The van der Waals surface area contributed by atoms with Gasteiger partial charge in [-0.3, -0.25) is 0 Å². The number of nitrogens with one attached hydrogen (secondary N) is 3. The maximum atomic E-state index is 11.7. The number of urea groups is 1. The predicted molar refractivity (Wildman–Crippen MR) is 82.2 cm³/mol. The van der Waals surface area contributed by atoms with Crippen molar-refractivity contribution in [1.82, 2.24) is 15.6 Å². The molecule has 4 N–H and O–H groups in total. The summed E-state index contributed by atoms with van der Waals surface area (Å²) in [6, 6.07) is 12.9. The van der Waals surface area contributed by atoms with Gasteiger partial charge in [-0.1, -0.05) is 18.2 Å². The van der Waals surface area contributed by atoms with Crippen molar-refractivity contribution in [3.8, 4) is 0 Å². The van der Waals surface area contributed by atoms with Gasteiger partial charge in [-0.2, -0.15) is 0 Å². The molecule has 0 saturated carbocycles. The second-order valence-corrected chi connectivity index (χ2v) is 4.98. The summed E-state index contributed by atoms with van der Waals surface area (Å²) in [7, 11) is 0. The number of aromatic amines is 1. The van der Waals surface area contributed by atoms with Crippen molar-refractivity contribution in [3.63, 3.8) is 0 Å². The minimum Gasteiger partial charge on any atom is -0.467 e. The molecule has 0 aliphatic carbocycles. The largest absolute Gasteiger partial charge is 0.467 e. The van der Waals surface area contributed by atoms with Crippen LogP contribution < -0.4 is 10.6 Å². The van der Waals surface area contributed by atoms with Gasteiger partial charge in [0.1, 0.15) is 11.9 Å². The van der Waals surface area contributed by atoms with Crippen LogP contribution in [0.3, 0.4) is 0 Å². The molecule has 114 valence electrons. The average molecular weight is 299 g/mol. The minimum atomic E-state index is -0.853. The maximum Gasteiger partial charge on any atom is 0.315 e. The zero-order valence-electron chi connectivity index (χ0n) is 11.9. The molecule has 2 aromatic heterocycles. The summed E-state index contributed by atoms with van der Waals surface area (Å²) < 4.78 is 5.06. The number of furan rings is 1. The summed E-state index contributed by atoms with van der Waals surface area (Å²) in [6.07, 6.45) is 0.628. The Morgan fingerprint density at radius 2 is 2.09 bits per heavy atom. The topological polar surface area (TPSA) is 90.3 Å². The summed E-state index contributed by atoms with van der Waals surface area (Å²) in [6.45, 7) is 0.476. The van der Waals surface area contributed by atoms with Crippen LogP contribution in [0.4, 0.5) is 4.79 Å². The van der Waals surface area contributed by atoms with E-state index in [1.807, 2.05) is 30.3 Å². The summed E-state index contributed by atoms with van der Waals surface area (Å²) >= 11 is 0. The molecule has 0 spiro atoms. The van der Waals surface area contributed by atoms with Crippen LogP contribution in [-0.2, 0) is 6.54 Å². The second-order valence-electron chi connectivity index (χ2n) is 4.98. The Labute approximate surface area is 127 Å². The number of fused-ring (bicyclic) bond motifs is 1. The van der Waals surface area contributed by atoms with E-state index in [-0.39, 0.29) is 12.6 Å². The summed E-state index contributed by atoms with van der Waals surface area (Å²) in [4.78, 5) is 15.0. The van der Waals surface area contributed by atoms with Crippen molar-refractivity contribution in [2.75, 3.05) is 6.54 Å². The van der Waals surface area contributed by atoms with E-state index in [1.54, 1.807) is 12.1 Å². The fourth-order valence-electron chi connectivity index (χ4n) is 2.24. The van der Waals surface area contributed by atoms with Crippen LogP contribution in [0.2, 0.25) is 0 Å². The number of carbonyl (C=O) groups excluding carboxylic acids is 1. The number of rotatable bonds is 5. The molecule has 0 aliphatic heterocycles. The van der Waals surface area contributed by atoms with Crippen molar-refractivity contribution in [3.05, 3.63) is 60.2 Å². The number of amides is 2. The maximum absolute atomic E-state index is 11.7. The average Bonchev–Trinajstić information content (AvgIpc) is 3.19. The first-order chi connectivity index (χ1) is 10.7. The summed E-state index contributed by atoms with van der Waals surface area (Å²) in [5, 5.41) is 16.2. The van der Waals surface area contributed by atoms with Gasteiger partial charge in [-0.15, -0.1) is 0 Å². The number of para-hydroxylation sites is 1. The van der Waals surface area contributed by atoms with Gasteiger partial charge in [-0.25, -0.2) is 4.79 Å². The Morgan fingerprint density at radius 3 is 2.86 bits per heavy atom. The van der Waals surface area contributed by atoms with Gasteiger partial charge in [0.25, 0.3) is 0 Å². The first-order valence-corrected chi connectivity index (χ1v) is 7.02. The van der Waals surface area contributed by atoms with Gasteiger partial charge in [0.15, 0.2) is 0 Å². The SMILES string of the molecule is O=C(NCc1cc2ccccc2[nH]1)NCC(O)c1ccco1. The highest BCUT2D eigenvalue weighted by Crippen LogP contribution is 2.14. The first kappa shape index (κ1) is 14.2. The molecular formula is C16H17N3O3. The fraction of sp³-hybridized carbons (Fsp3) is 0.188. The van der Waals surface area contributed by atoms with E-state index in [4.69, 9.17) is 4.42 Å². The molecule has 6 nitrogen and oxygen atoms in total. The van der Waals surface area contributed by atoms with Gasteiger partial charge in [0, 0.05) is 11.2 Å². The van der Waals surface area contributed by atoms with E-state index in [2.05, 4.69) is 15.6 Å². The third-order valence-electron chi connectivity index (χ3n) is 3.35. The molecule has 0 fully saturated rings. The highest BCUT2D eigenvalue weighted by Gasteiger charge is 2.11. The molecule has 1 atom stereocenters. The minimum absolute atomic E-state index is 0.0893. The first-order valence-electron chi connectivity index (χ1n) is 7.02. The molecule has 2 heterocycles. The van der Waals surface area contributed by atoms with Crippen LogP contribution in [0, 0.1) is 0 Å². The monoisotopic (exact) mass is 299 g/mol. The lowest BCUT2D eigenvalue weighted by Gasteiger charge is -2.10. The Hall–Kier alpha value is -2.73. The highest BCUT2D eigenvalue weighted by atomic mass is 16.4. The number of aliphatic hydroxyl groups excluding tert-OH is 1. The van der Waals surface area contributed by atoms with Crippen LogP contribution >= 0.6 is 0 Å². The lowest BCUT2D eigenvalue weighted by molar-refractivity contribution is 0.148. The van der Waals surface area contributed by atoms with Gasteiger partial charge in [0.05, 0.1) is 19.4 Å². The number of H-pyrrole nitrogens is 1. The summed E-state index contributed by atoms with van der Waals surface area (Å²) in [5.74, 6) is 0.427. The Morgan fingerprint density at radius 1 is 1.23 bits per heavy atom. The molecule has 2 amide bonds. The quantitative estimate of drug-likeness (QED) is 0.582. The van der Waals surface area contributed by atoms with E-state index >= 15 is 0 Å². The van der Waals surface area contributed by atoms with Crippen molar-refractivity contribution < 1.29 is 14.3 Å². The van der Waals surface area contributed by atoms with E-state index in [9.17, 15) is 9.90 Å². The lowest BCUT2D eigenvalue weighted by atomic mass is 10.2. The molecule has 0 bridgehead atoms. The van der Waals surface area contributed by atoms with E-state index in [0.717, 1.165) is 16.6 Å². The molecule has 0 saturated heterocycles. The molecule has 3 aromatic rings. The van der Waals surface area contributed by atoms with Gasteiger partial charge >= 0.3 is 6.03 Å². The molecule has 6 heteroatoms. The fourth-order valence-corrected chi connectivity index (χ4v) is 2.24. The number of hydrogen-bond donors (Lipinski definition) is 4. The Kier molecular flexibility index (Phi) is 4.11. The number of aromatic nitrogens is 1. The van der Waals surface area contributed by atoms with Crippen molar-refractivity contribution in [2.24, 2.45) is 0 Å². The number of hydrogen-bond acceptors (Lipinski definition) is 3. The van der Waals surface area contributed by atoms with Crippen LogP contribution in [0.25, 0.3) is 10.9 Å². The second kappa shape index (κ2) is 6.36. The molecule has 1 unspecified atom stereocenters. The van der Waals surface area contributed by atoms with Gasteiger partial charge in [0.2, 0.25) is 0 Å². The summed E-state index contributed by atoms with van der Waals surface area (Å²) in [5.41, 5.74) is 1.95. The third-order valence-corrected chi connectivity index (χ3v) is 3.35. The van der Waals surface area contributed by atoms with Crippen LogP contribution in [0.15, 0.2) is 53.1 Å². The lowest BCUT2D eigenvalue weighted by Crippen LogP contribution is -2.37. The number of benzene rings is 1. The van der Waals surface area contributed by atoms with Crippen molar-refractivity contribution in [2.45, 2.75) is 12.6 Å². The number of aliphatic hydroxyl groups is 1. The zero-order valence-corrected chi connectivity index (χ0v) is 11.9. The number of carbonyl (C=O) groups is 1. The standard InChI is InChI=1S/C16H17N3O3/c20-14(15-6-3-7-22-15)10-18-16(21)17-9-12-8-11-4-1-2-5-13(11)19-12/h1-8,14,19-20H,9-10H2,(H2,17,18,21).